The van der Waals surface area contributed by atoms with Crippen molar-refractivity contribution in [2.75, 3.05) is 37.6 Å². The van der Waals surface area contributed by atoms with Gasteiger partial charge in [0.2, 0.25) is 0 Å². The summed E-state index contributed by atoms with van der Waals surface area (Å²) in [6.45, 7) is 6.52. The summed E-state index contributed by atoms with van der Waals surface area (Å²) in [6.07, 6.45) is 0.813. The number of piperazine rings is 1. The summed E-state index contributed by atoms with van der Waals surface area (Å²) < 4.78 is 0. The summed E-state index contributed by atoms with van der Waals surface area (Å²) in [4.78, 5) is 34.2. The molecule has 6 heteroatoms. The minimum absolute atomic E-state index is 0.0579. The highest BCUT2D eigenvalue weighted by Gasteiger charge is 2.28. The number of anilines is 1. The van der Waals surface area contributed by atoms with Crippen molar-refractivity contribution >= 4 is 28.8 Å². The maximum absolute atomic E-state index is 13.2. The Bertz CT molecular complexity index is 1120. The van der Waals surface area contributed by atoms with E-state index in [9.17, 15) is 9.59 Å². The van der Waals surface area contributed by atoms with Crippen LogP contribution in [0.4, 0.5) is 5.69 Å². The van der Waals surface area contributed by atoms with Crippen LogP contribution in [0.3, 0.4) is 0 Å². The summed E-state index contributed by atoms with van der Waals surface area (Å²) in [5, 5.41) is 0. The fraction of sp³-hybridized carbons (Fsp3) is 0.308. The molecule has 2 aliphatic rings. The molecule has 1 aromatic heterocycles. The number of carbonyl (C=O) groups is 2. The van der Waals surface area contributed by atoms with Gasteiger partial charge in [-0.25, -0.2) is 0 Å². The van der Waals surface area contributed by atoms with Gasteiger partial charge in [0.15, 0.2) is 0 Å². The third kappa shape index (κ3) is 4.15. The molecule has 1 fully saturated rings. The Morgan fingerprint density at radius 1 is 0.812 bits per heavy atom. The van der Waals surface area contributed by atoms with Crippen LogP contribution in [-0.2, 0) is 13.0 Å². The Labute approximate surface area is 192 Å². The molecule has 164 valence electrons. The van der Waals surface area contributed by atoms with Crippen molar-refractivity contribution in [2.45, 2.75) is 19.9 Å². The van der Waals surface area contributed by atoms with Gasteiger partial charge in [0, 0.05) is 55.4 Å². The summed E-state index contributed by atoms with van der Waals surface area (Å²) in [6, 6.07) is 20.0. The lowest BCUT2D eigenvalue weighted by Gasteiger charge is -2.36. The second kappa shape index (κ2) is 8.79. The van der Waals surface area contributed by atoms with Crippen molar-refractivity contribution < 1.29 is 9.59 Å². The third-order valence-electron chi connectivity index (χ3n) is 6.35. The highest BCUT2D eigenvalue weighted by molar-refractivity contribution is 7.14. The predicted molar refractivity (Wildman–Crippen MR) is 129 cm³/mol. The molecule has 0 bridgehead atoms. The fourth-order valence-corrected chi connectivity index (χ4v) is 5.59. The average Bonchev–Trinajstić information content (AvgIpc) is 3.28. The molecule has 5 rings (SSSR count). The number of fused-ring (bicyclic) bond motifs is 1. The van der Waals surface area contributed by atoms with Crippen LogP contribution in [0, 0.1) is 6.92 Å². The highest BCUT2D eigenvalue weighted by atomic mass is 32.1. The molecule has 0 unspecified atom stereocenters. The number of thiophene rings is 1. The second-order valence-corrected chi connectivity index (χ2v) is 9.65. The lowest BCUT2D eigenvalue weighted by molar-refractivity contribution is 0.0735. The van der Waals surface area contributed by atoms with E-state index in [1.54, 1.807) is 11.3 Å². The van der Waals surface area contributed by atoms with E-state index in [4.69, 9.17) is 0 Å². The van der Waals surface area contributed by atoms with Crippen molar-refractivity contribution in [1.82, 2.24) is 9.80 Å². The van der Waals surface area contributed by atoms with Crippen molar-refractivity contribution in [1.29, 1.82) is 0 Å². The van der Waals surface area contributed by atoms with E-state index in [0.29, 0.717) is 18.7 Å². The third-order valence-corrected chi connectivity index (χ3v) is 7.58. The molecule has 1 saturated heterocycles. The monoisotopic (exact) mass is 445 g/mol. The molecule has 0 N–H and O–H groups in total. The van der Waals surface area contributed by atoms with Crippen LogP contribution < -0.4 is 4.90 Å². The summed E-state index contributed by atoms with van der Waals surface area (Å²) >= 11 is 1.60. The Morgan fingerprint density at radius 2 is 1.53 bits per heavy atom. The van der Waals surface area contributed by atoms with Crippen LogP contribution in [0.5, 0.6) is 0 Å². The number of carbonyl (C=O) groups excluding carboxylic acids is 2. The van der Waals surface area contributed by atoms with Crippen molar-refractivity contribution in [2.24, 2.45) is 0 Å². The van der Waals surface area contributed by atoms with Crippen LogP contribution in [0.1, 0.15) is 36.0 Å². The zero-order valence-corrected chi connectivity index (χ0v) is 19.1. The molecule has 0 spiro atoms. The number of benzene rings is 2. The molecule has 0 radical (unpaired) electrons. The molecule has 2 amide bonds. The molecule has 2 aromatic carbocycles. The summed E-state index contributed by atoms with van der Waals surface area (Å²) in [5.74, 6) is 0.177. The molecule has 3 heterocycles. The van der Waals surface area contributed by atoms with E-state index < -0.39 is 0 Å². The zero-order valence-electron chi connectivity index (χ0n) is 18.3. The SMILES string of the molecule is Cc1ccc(N2CCN(C(=O)c3cc4c(s3)CCN(C(=O)c3ccccc3)C4)CC2)cc1. The molecular weight excluding hydrogens is 418 g/mol. The topological polar surface area (TPSA) is 43.9 Å². The number of hydrogen-bond acceptors (Lipinski definition) is 4. The first kappa shape index (κ1) is 20.8. The average molecular weight is 446 g/mol. The van der Waals surface area contributed by atoms with E-state index in [0.717, 1.165) is 43.0 Å². The normalized spacial score (nSPS) is 16.1. The van der Waals surface area contributed by atoms with Gasteiger partial charge in [-0.1, -0.05) is 35.9 Å². The van der Waals surface area contributed by atoms with Crippen LogP contribution in [0.25, 0.3) is 0 Å². The van der Waals surface area contributed by atoms with Crippen LogP contribution in [-0.4, -0.2) is 54.3 Å². The van der Waals surface area contributed by atoms with Gasteiger partial charge in [0.25, 0.3) is 11.8 Å². The van der Waals surface area contributed by atoms with Crippen LogP contribution in [0.2, 0.25) is 0 Å². The maximum Gasteiger partial charge on any atom is 0.264 e. The minimum atomic E-state index is 0.0579. The first-order valence-electron chi connectivity index (χ1n) is 11.2. The molecule has 0 aliphatic carbocycles. The van der Waals surface area contributed by atoms with E-state index in [1.165, 1.54) is 16.1 Å². The number of amides is 2. The fourth-order valence-electron chi connectivity index (χ4n) is 4.45. The smallest absolute Gasteiger partial charge is 0.264 e. The van der Waals surface area contributed by atoms with E-state index in [-0.39, 0.29) is 11.8 Å². The van der Waals surface area contributed by atoms with E-state index in [2.05, 4.69) is 36.1 Å². The minimum Gasteiger partial charge on any atom is -0.368 e. The van der Waals surface area contributed by atoms with Gasteiger partial charge >= 0.3 is 0 Å². The van der Waals surface area contributed by atoms with Crippen molar-refractivity contribution in [3.8, 4) is 0 Å². The van der Waals surface area contributed by atoms with Crippen LogP contribution in [0.15, 0.2) is 60.7 Å². The Balaban J connectivity index is 1.23. The highest BCUT2D eigenvalue weighted by Crippen LogP contribution is 2.30. The number of nitrogens with zero attached hydrogens (tertiary/aromatic N) is 3. The van der Waals surface area contributed by atoms with Crippen molar-refractivity contribution in [3.63, 3.8) is 0 Å². The lowest BCUT2D eigenvalue weighted by atomic mass is 10.1. The quantitative estimate of drug-likeness (QED) is 0.606. The molecule has 2 aliphatic heterocycles. The second-order valence-electron chi connectivity index (χ2n) is 8.52. The van der Waals surface area contributed by atoms with Gasteiger partial charge in [-0.15, -0.1) is 11.3 Å². The Morgan fingerprint density at radius 3 is 2.25 bits per heavy atom. The van der Waals surface area contributed by atoms with Gasteiger partial charge in [-0.05, 0) is 49.2 Å². The van der Waals surface area contributed by atoms with E-state index in [1.807, 2.05) is 46.2 Å². The molecule has 0 atom stereocenters. The van der Waals surface area contributed by atoms with Gasteiger partial charge in [-0.2, -0.15) is 0 Å². The van der Waals surface area contributed by atoms with E-state index >= 15 is 0 Å². The predicted octanol–water partition coefficient (Wildman–Crippen LogP) is 4.22. The summed E-state index contributed by atoms with van der Waals surface area (Å²) in [5.41, 5.74) is 4.31. The van der Waals surface area contributed by atoms with Gasteiger partial charge in [-0.3, -0.25) is 9.59 Å². The van der Waals surface area contributed by atoms with Gasteiger partial charge in [0.05, 0.1) is 4.88 Å². The number of rotatable bonds is 3. The molecule has 0 saturated carbocycles. The largest absolute Gasteiger partial charge is 0.368 e. The first-order valence-corrected chi connectivity index (χ1v) is 12.0. The zero-order chi connectivity index (χ0) is 22.1. The van der Waals surface area contributed by atoms with Crippen LogP contribution >= 0.6 is 11.3 Å². The number of hydrogen-bond donors (Lipinski definition) is 0. The first-order chi connectivity index (χ1) is 15.6. The maximum atomic E-state index is 13.2. The molecular formula is C26H27N3O2S. The molecule has 32 heavy (non-hydrogen) atoms. The number of aryl methyl sites for hydroxylation is 1. The standard InChI is InChI=1S/C26H27N3O2S/c1-19-7-9-22(10-8-19)27-13-15-28(16-14-27)26(31)24-17-21-18-29(12-11-23(21)32-24)25(30)20-5-3-2-4-6-20/h2-10,17H,11-16,18H2,1H3. The molecule has 5 nitrogen and oxygen atoms in total. The molecule has 3 aromatic rings. The van der Waals surface area contributed by atoms with Gasteiger partial charge < -0.3 is 14.7 Å². The van der Waals surface area contributed by atoms with Gasteiger partial charge in [0.1, 0.15) is 0 Å². The summed E-state index contributed by atoms with van der Waals surface area (Å²) in [7, 11) is 0. The Kier molecular flexibility index (Phi) is 5.70. The lowest BCUT2D eigenvalue weighted by Crippen LogP contribution is -2.48. The Hall–Kier alpha value is -3.12. The van der Waals surface area contributed by atoms with Crippen molar-refractivity contribution in [3.05, 3.63) is 87.1 Å².